The van der Waals surface area contributed by atoms with Crippen LogP contribution in [0.3, 0.4) is 0 Å². The second-order valence-electron chi connectivity index (χ2n) is 23.6. The first-order valence-corrected chi connectivity index (χ1v) is 34.6. The number of aliphatic hydroxyl groups is 2. The van der Waals surface area contributed by atoms with E-state index in [2.05, 4.69) is 92.1 Å². The summed E-state index contributed by atoms with van der Waals surface area (Å²) < 4.78 is 0. The molecule has 0 aromatic carbocycles. The van der Waals surface area contributed by atoms with Gasteiger partial charge in [0.2, 0.25) is 5.91 Å². The van der Waals surface area contributed by atoms with Crippen molar-refractivity contribution >= 4 is 5.91 Å². The van der Waals surface area contributed by atoms with Crippen LogP contribution < -0.4 is 5.32 Å². The van der Waals surface area contributed by atoms with Crippen LogP contribution in [0.4, 0.5) is 0 Å². The van der Waals surface area contributed by atoms with Gasteiger partial charge in [0.15, 0.2) is 0 Å². The number of carbonyl (C=O) groups excluding carboxylic acids is 1. The van der Waals surface area contributed by atoms with E-state index < -0.39 is 12.1 Å². The molecule has 4 heteroatoms. The molecule has 2 atom stereocenters. The normalized spacial score (nSPS) is 13.1. The molecular weight excluding hydrogens is 939 g/mol. The number of rotatable bonds is 64. The standard InChI is InChI=1S/C73H135NO3/c1-3-5-7-9-11-13-15-17-19-21-23-25-27-29-31-33-35-36-37-38-39-41-43-45-47-49-51-53-55-57-59-61-63-65-67-69-73(77)74-71(70-75)72(76)68-66-64-62-60-58-56-54-52-50-48-46-44-42-40-34-32-30-28-26-24-22-20-18-16-14-12-10-8-6-4-2/h5,7,11,13,17,19,23,25,29,31,35-36,71-72,75-76H,3-4,6,8-10,12,14-16,18,20-22,24,26-28,30,32-34,37-70H2,1-2H3,(H,74,77)/b7-5-,13-11-,19-17-,25-23-,31-29-,36-35-. The fraction of sp³-hybridized carbons (Fsp3) is 0.822. The Morgan fingerprint density at radius 3 is 0.857 bits per heavy atom. The Morgan fingerprint density at radius 1 is 0.325 bits per heavy atom. The van der Waals surface area contributed by atoms with E-state index in [0.717, 1.165) is 64.2 Å². The number of unbranched alkanes of at least 4 members (excludes halogenated alkanes) is 45. The molecule has 1 amide bonds. The lowest BCUT2D eigenvalue weighted by Crippen LogP contribution is -2.45. The lowest BCUT2D eigenvalue weighted by atomic mass is 10.0. The molecule has 0 aliphatic rings. The molecule has 3 N–H and O–H groups in total. The van der Waals surface area contributed by atoms with Crippen LogP contribution in [0.2, 0.25) is 0 Å². The molecule has 0 saturated carbocycles. The molecule has 0 aliphatic heterocycles. The summed E-state index contributed by atoms with van der Waals surface area (Å²) in [5.74, 6) is -0.0271. The summed E-state index contributed by atoms with van der Waals surface area (Å²) >= 11 is 0. The molecule has 450 valence electrons. The first kappa shape index (κ1) is 74.8. The minimum absolute atomic E-state index is 0.0271. The lowest BCUT2D eigenvalue weighted by molar-refractivity contribution is -0.123. The molecule has 0 bridgehead atoms. The summed E-state index contributed by atoms with van der Waals surface area (Å²) in [5, 5.41) is 23.5. The van der Waals surface area contributed by atoms with Gasteiger partial charge < -0.3 is 15.5 Å². The van der Waals surface area contributed by atoms with Crippen molar-refractivity contribution in [3.63, 3.8) is 0 Å². The van der Waals surface area contributed by atoms with Crippen LogP contribution in [0, 0.1) is 0 Å². The van der Waals surface area contributed by atoms with Crippen molar-refractivity contribution in [2.24, 2.45) is 0 Å². The van der Waals surface area contributed by atoms with Crippen molar-refractivity contribution < 1.29 is 15.0 Å². The minimum atomic E-state index is -0.664. The quantitative estimate of drug-likeness (QED) is 0.0420. The van der Waals surface area contributed by atoms with Crippen molar-refractivity contribution in [3.05, 3.63) is 72.9 Å². The summed E-state index contributed by atoms with van der Waals surface area (Å²) in [5.41, 5.74) is 0. The molecule has 0 fully saturated rings. The smallest absolute Gasteiger partial charge is 0.220 e. The van der Waals surface area contributed by atoms with Crippen molar-refractivity contribution in [2.45, 2.75) is 379 Å². The largest absolute Gasteiger partial charge is 0.394 e. The fourth-order valence-corrected chi connectivity index (χ4v) is 10.8. The van der Waals surface area contributed by atoms with E-state index in [4.69, 9.17) is 0 Å². The third kappa shape index (κ3) is 64.5. The number of allylic oxidation sites excluding steroid dienone is 12. The maximum Gasteiger partial charge on any atom is 0.220 e. The predicted octanol–water partition coefficient (Wildman–Crippen LogP) is 23.7. The Bertz CT molecular complexity index is 1310. The van der Waals surface area contributed by atoms with E-state index in [1.54, 1.807) is 0 Å². The molecule has 77 heavy (non-hydrogen) atoms. The molecule has 0 radical (unpaired) electrons. The monoisotopic (exact) mass is 1070 g/mol. The van der Waals surface area contributed by atoms with Crippen molar-refractivity contribution in [3.8, 4) is 0 Å². The predicted molar refractivity (Wildman–Crippen MR) is 345 cm³/mol. The van der Waals surface area contributed by atoms with Gasteiger partial charge in [0.25, 0.3) is 0 Å². The highest BCUT2D eigenvalue weighted by Gasteiger charge is 2.20. The molecule has 4 nitrogen and oxygen atoms in total. The zero-order valence-electron chi connectivity index (χ0n) is 52.0. The molecule has 0 aromatic heterocycles. The number of hydrogen-bond donors (Lipinski definition) is 3. The average Bonchev–Trinajstić information content (AvgIpc) is 3.43. The van der Waals surface area contributed by atoms with Gasteiger partial charge in [-0.05, 0) is 64.2 Å². The highest BCUT2D eigenvalue weighted by atomic mass is 16.3. The Morgan fingerprint density at radius 2 is 0.571 bits per heavy atom. The third-order valence-corrected chi connectivity index (χ3v) is 16.0. The van der Waals surface area contributed by atoms with E-state index in [1.165, 1.54) is 276 Å². The van der Waals surface area contributed by atoms with Crippen LogP contribution in [0.5, 0.6) is 0 Å². The van der Waals surface area contributed by atoms with E-state index in [1.807, 2.05) is 0 Å². The average molecular weight is 1070 g/mol. The van der Waals surface area contributed by atoms with Crippen LogP contribution in [-0.2, 0) is 4.79 Å². The topological polar surface area (TPSA) is 69.6 Å². The van der Waals surface area contributed by atoms with Crippen molar-refractivity contribution in [2.75, 3.05) is 6.61 Å². The van der Waals surface area contributed by atoms with Crippen LogP contribution >= 0.6 is 0 Å². The van der Waals surface area contributed by atoms with Gasteiger partial charge in [-0.1, -0.05) is 369 Å². The lowest BCUT2D eigenvalue weighted by Gasteiger charge is -2.22. The maximum absolute atomic E-state index is 12.6. The first-order chi connectivity index (χ1) is 38.2. The molecule has 0 rings (SSSR count). The van der Waals surface area contributed by atoms with Gasteiger partial charge in [0.05, 0.1) is 18.8 Å². The van der Waals surface area contributed by atoms with E-state index >= 15 is 0 Å². The van der Waals surface area contributed by atoms with Crippen LogP contribution in [-0.4, -0.2) is 34.9 Å². The van der Waals surface area contributed by atoms with Gasteiger partial charge in [-0.25, -0.2) is 0 Å². The molecular formula is C73H135NO3. The number of carbonyl (C=O) groups is 1. The molecule has 0 spiro atoms. The van der Waals surface area contributed by atoms with Crippen molar-refractivity contribution in [1.82, 2.24) is 5.32 Å². The second kappa shape index (κ2) is 68.1. The van der Waals surface area contributed by atoms with Gasteiger partial charge in [-0.15, -0.1) is 0 Å². The van der Waals surface area contributed by atoms with Gasteiger partial charge >= 0.3 is 0 Å². The molecule has 0 aromatic rings. The second-order valence-corrected chi connectivity index (χ2v) is 23.6. The SMILES string of the molecule is CC/C=C\C/C=C\C/C=C\C/C=C\C/C=C\C/C=C\CCCCCCCCCCCCCCCCCCC(=O)NC(CO)C(O)CCCCCCCCCCCCCCCCCCCCCCCCCCCCCCCC. The van der Waals surface area contributed by atoms with Crippen LogP contribution in [0.1, 0.15) is 367 Å². The van der Waals surface area contributed by atoms with E-state index in [-0.39, 0.29) is 12.5 Å². The zero-order valence-corrected chi connectivity index (χ0v) is 52.0. The number of amides is 1. The third-order valence-electron chi connectivity index (χ3n) is 16.0. The van der Waals surface area contributed by atoms with Crippen molar-refractivity contribution in [1.29, 1.82) is 0 Å². The Labute approximate surface area is 482 Å². The van der Waals surface area contributed by atoms with Gasteiger partial charge in [0, 0.05) is 6.42 Å². The maximum atomic E-state index is 12.6. The summed E-state index contributed by atoms with van der Waals surface area (Å²) in [7, 11) is 0. The number of hydrogen-bond acceptors (Lipinski definition) is 3. The highest BCUT2D eigenvalue weighted by Crippen LogP contribution is 2.19. The van der Waals surface area contributed by atoms with Crippen LogP contribution in [0.25, 0.3) is 0 Å². The van der Waals surface area contributed by atoms with E-state index in [9.17, 15) is 15.0 Å². The number of aliphatic hydroxyl groups excluding tert-OH is 2. The zero-order chi connectivity index (χ0) is 55.5. The summed E-state index contributed by atoms with van der Waals surface area (Å²) in [6.07, 6.45) is 98.1. The summed E-state index contributed by atoms with van der Waals surface area (Å²) in [6.45, 7) is 4.28. The Hall–Kier alpha value is -2.17. The fourth-order valence-electron chi connectivity index (χ4n) is 10.8. The highest BCUT2D eigenvalue weighted by molar-refractivity contribution is 5.76. The van der Waals surface area contributed by atoms with E-state index in [0.29, 0.717) is 12.8 Å². The Kier molecular flexibility index (Phi) is 66.2. The van der Waals surface area contributed by atoms with Gasteiger partial charge in [-0.3, -0.25) is 4.79 Å². The summed E-state index contributed by atoms with van der Waals surface area (Å²) in [6, 6.07) is -0.540. The van der Waals surface area contributed by atoms with Crippen LogP contribution in [0.15, 0.2) is 72.9 Å². The summed E-state index contributed by atoms with van der Waals surface area (Å²) in [4.78, 5) is 12.6. The minimum Gasteiger partial charge on any atom is -0.394 e. The molecule has 0 aliphatic carbocycles. The van der Waals surface area contributed by atoms with Gasteiger partial charge in [-0.2, -0.15) is 0 Å². The molecule has 0 heterocycles. The number of nitrogens with one attached hydrogen (secondary N) is 1. The first-order valence-electron chi connectivity index (χ1n) is 34.6. The molecule has 2 unspecified atom stereocenters. The molecule has 0 saturated heterocycles. The Balaban J connectivity index is 3.43. The van der Waals surface area contributed by atoms with Gasteiger partial charge in [0.1, 0.15) is 0 Å².